The van der Waals surface area contributed by atoms with Crippen molar-refractivity contribution in [3.63, 3.8) is 0 Å². The van der Waals surface area contributed by atoms with Crippen molar-refractivity contribution in [3.8, 4) is 0 Å². The van der Waals surface area contributed by atoms with E-state index >= 15 is 0 Å². The van der Waals surface area contributed by atoms with Crippen LogP contribution in [0.3, 0.4) is 0 Å². The second-order valence-corrected chi connectivity index (χ2v) is 4.08. The number of rotatable bonds is 5. The fourth-order valence-electron chi connectivity index (χ4n) is 1.80. The first-order valence-electron chi connectivity index (χ1n) is 6.18. The number of nitrogens with two attached hydrogens (primary N) is 1. The van der Waals surface area contributed by atoms with Gasteiger partial charge in [0, 0.05) is 32.3 Å². The number of morpholine rings is 1. The van der Waals surface area contributed by atoms with Crippen LogP contribution in [0.4, 0.5) is 11.8 Å². The van der Waals surface area contributed by atoms with Crippen LogP contribution in [0, 0.1) is 0 Å². The van der Waals surface area contributed by atoms with Gasteiger partial charge in [-0.15, -0.1) is 0 Å². The van der Waals surface area contributed by atoms with Crippen molar-refractivity contribution in [1.29, 1.82) is 0 Å². The van der Waals surface area contributed by atoms with Crippen molar-refractivity contribution in [1.82, 2.24) is 14.9 Å². The van der Waals surface area contributed by atoms with Crippen LogP contribution in [-0.2, 0) is 9.53 Å². The van der Waals surface area contributed by atoms with Crippen molar-refractivity contribution < 1.29 is 9.53 Å². The first-order chi connectivity index (χ1) is 9.29. The standard InChI is InChI=1S/C11H18N6O2/c12-16-11-14-3-1-9(15-11)13-4-2-10(18)17-5-7-19-8-6-17/h1,3H,2,4-8,12H2,(H2,13,14,15,16). The zero-order valence-corrected chi connectivity index (χ0v) is 10.6. The monoisotopic (exact) mass is 266 g/mol. The number of hydrogen-bond acceptors (Lipinski definition) is 7. The summed E-state index contributed by atoms with van der Waals surface area (Å²) in [5.74, 6) is 6.32. The number of nitrogens with one attached hydrogen (secondary N) is 2. The zero-order valence-electron chi connectivity index (χ0n) is 10.6. The quantitative estimate of drug-likeness (QED) is 0.484. The minimum Gasteiger partial charge on any atom is -0.378 e. The highest BCUT2D eigenvalue weighted by molar-refractivity contribution is 5.76. The van der Waals surface area contributed by atoms with Crippen LogP contribution in [0.5, 0.6) is 0 Å². The molecule has 1 aliphatic rings. The molecule has 0 saturated carbocycles. The number of carbonyl (C=O) groups is 1. The third-order valence-corrected chi connectivity index (χ3v) is 2.79. The zero-order chi connectivity index (χ0) is 13.5. The van der Waals surface area contributed by atoms with Crippen molar-refractivity contribution in [2.45, 2.75) is 6.42 Å². The van der Waals surface area contributed by atoms with Gasteiger partial charge in [-0.25, -0.2) is 10.8 Å². The Morgan fingerprint density at radius 3 is 3.00 bits per heavy atom. The molecule has 0 bridgehead atoms. The molecule has 0 radical (unpaired) electrons. The smallest absolute Gasteiger partial charge is 0.239 e. The highest BCUT2D eigenvalue weighted by atomic mass is 16.5. The molecule has 8 heteroatoms. The molecular weight excluding hydrogens is 248 g/mol. The summed E-state index contributed by atoms with van der Waals surface area (Å²) < 4.78 is 5.20. The third-order valence-electron chi connectivity index (χ3n) is 2.79. The van der Waals surface area contributed by atoms with Crippen LogP contribution < -0.4 is 16.6 Å². The van der Waals surface area contributed by atoms with Gasteiger partial charge in [-0.1, -0.05) is 0 Å². The molecule has 1 amide bonds. The minimum atomic E-state index is 0.127. The molecule has 19 heavy (non-hydrogen) atoms. The number of hydrazine groups is 1. The molecule has 1 aromatic heterocycles. The maximum Gasteiger partial charge on any atom is 0.239 e. The lowest BCUT2D eigenvalue weighted by Crippen LogP contribution is -2.41. The second kappa shape index (κ2) is 6.86. The Morgan fingerprint density at radius 1 is 1.47 bits per heavy atom. The van der Waals surface area contributed by atoms with Gasteiger partial charge in [0.1, 0.15) is 5.82 Å². The first-order valence-corrected chi connectivity index (χ1v) is 6.18. The number of hydrogen-bond donors (Lipinski definition) is 3. The van der Waals surface area contributed by atoms with E-state index in [-0.39, 0.29) is 5.91 Å². The number of anilines is 2. The Kier molecular flexibility index (Phi) is 4.87. The fraction of sp³-hybridized carbons (Fsp3) is 0.545. The van der Waals surface area contributed by atoms with Crippen molar-refractivity contribution in [2.75, 3.05) is 43.6 Å². The lowest BCUT2D eigenvalue weighted by atomic mass is 10.3. The number of amides is 1. The molecule has 0 aliphatic carbocycles. The van der Waals surface area contributed by atoms with Crippen LogP contribution in [0.15, 0.2) is 12.3 Å². The molecule has 4 N–H and O–H groups in total. The fourth-order valence-corrected chi connectivity index (χ4v) is 1.80. The van der Waals surface area contributed by atoms with Gasteiger partial charge < -0.3 is 15.0 Å². The van der Waals surface area contributed by atoms with Gasteiger partial charge in [-0.3, -0.25) is 10.2 Å². The van der Waals surface area contributed by atoms with E-state index < -0.39 is 0 Å². The van der Waals surface area contributed by atoms with E-state index in [2.05, 4.69) is 20.7 Å². The maximum atomic E-state index is 11.9. The Hall–Kier alpha value is -1.93. The number of nitrogens with zero attached hydrogens (tertiary/aromatic N) is 3. The van der Waals surface area contributed by atoms with Crippen molar-refractivity contribution >= 4 is 17.7 Å². The number of aromatic nitrogens is 2. The van der Waals surface area contributed by atoms with E-state index in [1.165, 1.54) is 0 Å². The molecular formula is C11H18N6O2. The molecule has 0 unspecified atom stereocenters. The molecule has 2 heterocycles. The third kappa shape index (κ3) is 4.04. The molecule has 8 nitrogen and oxygen atoms in total. The van der Waals surface area contributed by atoms with E-state index in [1.54, 1.807) is 12.3 Å². The van der Waals surface area contributed by atoms with Gasteiger partial charge in [0.15, 0.2) is 0 Å². The van der Waals surface area contributed by atoms with Gasteiger partial charge in [0.05, 0.1) is 13.2 Å². The van der Waals surface area contributed by atoms with E-state index in [0.29, 0.717) is 51.0 Å². The minimum absolute atomic E-state index is 0.127. The molecule has 0 spiro atoms. The topological polar surface area (TPSA) is 105 Å². The van der Waals surface area contributed by atoms with Crippen LogP contribution in [-0.4, -0.2) is 53.6 Å². The highest BCUT2D eigenvalue weighted by Gasteiger charge is 2.15. The second-order valence-electron chi connectivity index (χ2n) is 4.08. The summed E-state index contributed by atoms with van der Waals surface area (Å²) in [6.07, 6.45) is 2.02. The van der Waals surface area contributed by atoms with Crippen LogP contribution >= 0.6 is 0 Å². The van der Waals surface area contributed by atoms with Gasteiger partial charge >= 0.3 is 0 Å². The van der Waals surface area contributed by atoms with Crippen LogP contribution in [0.1, 0.15) is 6.42 Å². The molecule has 1 fully saturated rings. The van der Waals surface area contributed by atoms with Gasteiger partial charge in [-0.2, -0.15) is 4.98 Å². The molecule has 0 aromatic carbocycles. The maximum absolute atomic E-state index is 11.9. The normalized spacial score (nSPS) is 15.1. The Balaban J connectivity index is 1.74. The summed E-state index contributed by atoms with van der Waals surface area (Å²) in [6, 6.07) is 1.72. The summed E-state index contributed by atoms with van der Waals surface area (Å²) in [5.41, 5.74) is 2.37. The predicted octanol–water partition coefficient (Wildman–Crippen LogP) is -0.577. The predicted molar refractivity (Wildman–Crippen MR) is 70.3 cm³/mol. The Labute approximate surface area is 111 Å². The van der Waals surface area contributed by atoms with Crippen LogP contribution in [0.2, 0.25) is 0 Å². The largest absolute Gasteiger partial charge is 0.378 e. The van der Waals surface area contributed by atoms with Gasteiger partial charge in [0.25, 0.3) is 0 Å². The van der Waals surface area contributed by atoms with E-state index in [0.717, 1.165) is 0 Å². The summed E-state index contributed by atoms with van der Waals surface area (Å²) in [5, 5.41) is 3.06. The molecule has 1 aliphatic heterocycles. The summed E-state index contributed by atoms with van der Waals surface area (Å²) in [6.45, 7) is 3.12. The average Bonchev–Trinajstić information content (AvgIpc) is 2.48. The summed E-state index contributed by atoms with van der Waals surface area (Å²) >= 11 is 0. The van der Waals surface area contributed by atoms with E-state index in [4.69, 9.17) is 10.6 Å². The van der Waals surface area contributed by atoms with Crippen LogP contribution in [0.25, 0.3) is 0 Å². The SMILES string of the molecule is NNc1nccc(NCCC(=O)N2CCOCC2)n1. The van der Waals surface area contributed by atoms with Crippen molar-refractivity contribution in [3.05, 3.63) is 12.3 Å². The summed E-state index contributed by atoms with van der Waals surface area (Å²) in [7, 11) is 0. The average molecular weight is 266 g/mol. The first kappa shape index (κ1) is 13.5. The molecule has 2 rings (SSSR count). The molecule has 104 valence electrons. The summed E-state index contributed by atoms with van der Waals surface area (Å²) in [4.78, 5) is 21.7. The van der Waals surface area contributed by atoms with E-state index in [9.17, 15) is 4.79 Å². The lowest BCUT2D eigenvalue weighted by molar-refractivity contribution is -0.134. The molecule has 0 atom stereocenters. The van der Waals surface area contributed by atoms with Gasteiger partial charge in [-0.05, 0) is 6.07 Å². The Morgan fingerprint density at radius 2 is 2.26 bits per heavy atom. The highest BCUT2D eigenvalue weighted by Crippen LogP contribution is 2.05. The van der Waals surface area contributed by atoms with E-state index in [1.807, 2.05) is 4.90 Å². The van der Waals surface area contributed by atoms with Gasteiger partial charge in [0.2, 0.25) is 11.9 Å². The molecule has 1 aromatic rings. The number of nitrogen functional groups attached to an aromatic ring is 1. The molecule has 1 saturated heterocycles. The Bertz CT molecular complexity index is 421. The van der Waals surface area contributed by atoms with Crippen molar-refractivity contribution in [2.24, 2.45) is 5.84 Å². The number of ether oxygens (including phenoxy) is 1. The number of carbonyl (C=O) groups excluding carboxylic acids is 1. The lowest BCUT2D eigenvalue weighted by Gasteiger charge is -2.26.